The number of nitrogens with zero attached hydrogens (tertiary/aromatic N) is 1. The van der Waals surface area contributed by atoms with Gasteiger partial charge in [0.05, 0.1) is 19.2 Å². The van der Waals surface area contributed by atoms with E-state index in [1.54, 1.807) is 31.2 Å². The lowest BCUT2D eigenvalue weighted by Crippen LogP contribution is -2.19. The topological polar surface area (TPSA) is 77.0 Å². The monoisotopic (exact) mass is 340 g/mol. The van der Waals surface area contributed by atoms with E-state index in [4.69, 9.17) is 9.47 Å². The van der Waals surface area contributed by atoms with E-state index in [0.29, 0.717) is 12.4 Å². The molecule has 0 radical (unpaired) electrons. The van der Waals surface area contributed by atoms with Crippen molar-refractivity contribution in [3.63, 3.8) is 0 Å². The number of ether oxygens (including phenoxy) is 2. The Labute approximate surface area is 146 Å². The Kier molecular flexibility index (Phi) is 7.18. The van der Waals surface area contributed by atoms with Crippen molar-refractivity contribution < 1.29 is 19.1 Å². The lowest BCUT2D eigenvalue weighted by Gasteiger charge is -2.05. The second-order valence-corrected chi connectivity index (χ2v) is 5.12. The van der Waals surface area contributed by atoms with Gasteiger partial charge in [-0.25, -0.2) is 10.2 Å². The molecule has 2 rings (SSSR count). The lowest BCUT2D eigenvalue weighted by molar-refractivity contribution is -0.145. The Morgan fingerprint density at radius 1 is 1.08 bits per heavy atom. The SMILES string of the molecule is CCOC(=O)COc1ccc(/C=N\NC(=O)Cc2ccccc2)cc1. The first-order valence-electron chi connectivity index (χ1n) is 7.91. The molecule has 0 unspecified atom stereocenters. The average Bonchev–Trinajstić information content (AvgIpc) is 2.62. The standard InChI is InChI=1S/C19H20N2O4/c1-2-24-19(23)14-25-17-10-8-16(9-11-17)13-20-21-18(22)12-15-6-4-3-5-7-15/h3-11,13H,2,12,14H2,1H3,(H,21,22)/b20-13-. The summed E-state index contributed by atoms with van der Waals surface area (Å²) < 4.78 is 10.1. The van der Waals surface area contributed by atoms with E-state index in [9.17, 15) is 9.59 Å². The largest absolute Gasteiger partial charge is 0.482 e. The third kappa shape index (κ3) is 6.87. The fourth-order valence-corrected chi connectivity index (χ4v) is 1.99. The first-order chi connectivity index (χ1) is 12.2. The molecule has 0 saturated heterocycles. The minimum atomic E-state index is -0.408. The van der Waals surface area contributed by atoms with Crippen LogP contribution in [0.25, 0.3) is 0 Å². The van der Waals surface area contributed by atoms with E-state index >= 15 is 0 Å². The van der Waals surface area contributed by atoms with Gasteiger partial charge in [-0.15, -0.1) is 0 Å². The molecule has 1 N–H and O–H groups in total. The Morgan fingerprint density at radius 3 is 2.48 bits per heavy atom. The minimum Gasteiger partial charge on any atom is -0.482 e. The summed E-state index contributed by atoms with van der Waals surface area (Å²) in [5.41, 5.74) is 4.21. The van der Waals surface area contributed by atoms with Gasteiger partial charge < -0.3 is 9.47 Å². The Balaban J connectivity index is 1.77. The molecular formula is C19H20N2O4. The molecule has 0 spiro atoms. The van der Waals surface area contributed by atoms with E-state index in [1.165, 1.54) is 6.21 Å². The molecule has 0 bridgehead atoms. The summed E-state index contributed by atoms with van der Waals surface area (Å²) in [5.74, 6) is -0.0376. The highest BCUT2D eigenvalue weighted by Gasteiger charge is 2.03. The van der Waals surface area contributed by atoms with Crippen molar-refractivity contribution in [2.45, 2.75) is 13.3 Å². The van der Waals surface area contributed by atoms with E-state index in [1.807, 2.05) is 30.3 Å². The molecule has 1 amide bonds. The zero-order chi connectivity index (χ0) is 17.9. The summed E-state index contributed by atoms with van der Waals surface area (Å²) in [6.45, 7) is 1.94. The number of rotatable bonds is 8. The smallest absolute Gasteiger partial charge is 0.344 e. The van der Waals surface area contributed by atoms with Gasteiger partial charge in [0.2, 0.25) is 5.91 Å². The fraction of sp³-hybridized carbons (Fsp3) is 0.211. The maximum absolute atomic E-state index is 11.8. The van der Waals surface area contributed by atoms with Crippen LogP contribution in [0.1, 0.15) is 18.1 Å². The molecule has 0 heterocycles. The number of nitrogens with one attached hydrogen (secondary N) is 1. The maximum atomic E-state index is 11.8. The van der Waals surface area contributed by atoms with Crippen molar-refractivity contribution in [1.29, 1.82) is 0 Å². The van der Waals surface area contributed by atoms with Crippen molar-refractivity contribution in [3.05, 3.63) is 65.7 Å². The number of hydrogen-bond donors (Lipinski definition) is 1. The predicted octanol–water partition coefficient (Wildman–Crippen LogP) is 2.32. The van der Waals surface area contributed by atoms with Crippen LogP contribution in [0.3, 0.4) is 0 Å². The van der Waals surface area contributed by atoms with Gasteiger partial charge in [-0.05, 0) is 42.3 Å². The van der Waals surface area contributed by atoms with Crippen LogP contribution in [-0.2, 0) is 20.7 Å². The quantitative estimate of drug-likeness (QED) is 0.454. The molecule has 0 saturated carbocycles. The number of esters is 1. The summed E-state index contributed by atoms with van der Waals surface area (Å²) in [6.07, 6.45) is 1.82. The highest BCUT2D eigenvalue weighted by Crippen LogP contribution is 2.11. The van der Waals surface area contributed by atoms with Crippen LogP contribution in [0.5, 0.6) is 5.75 Å². The molecule has 0 aliphatic carbocycles. The van der Waals surface area contributed by atoms with Gasteiger partial charge in [-0.2, -0.15) is 5.10 Å². The number of carbonyl (C=O) groups is 2. The number of hydrazone groups is 1. The van der Waals surface area contributed by atoms with Crippen LogP contribution in [0, 0.1) is 0 Å². The van der Waals surface area contributed by atoms with Crippen LogP contribution in [-0.4, -0.2) is 31.3 Å². The molecule has 0 atom stereocenters. The van der Waals surface area contributed by atoms with E-state index < -0.39 is 5.97 Å². The Bertz CT molecular complexity index is 712. The van der Waals surface area contributed by atoms with Gasteiger partial charge in [0.1, 0.15) is 5.75 Å². The lowest BCUT2D eigenvalue weighted by atomic mass is 10.1. The second kappa shape index (κ2) is 9.87. The molecule has 130 valence electrons. The third-order valence-electron chi connectivity index (χ3n) is 3.15. The first kappa shape index (κ1) is 18.2. The molecule has 6 nitrogen and oxygen atoms in total. The van der Waals surface area contributed by atoms with Gasteiger partial charge in [-0.3, -0.25) is 4.79 Å². The van der Waals surface area contributed by atoms with Crippen molar-refractivity contribution >= 4 is 18.1 Å². The van der Waals surface area contributed by atoms with Gasteiger partial charge in [-0.1, -0.05) is 30.3 Å². The number of benzene rings is 2. The van der Waals surface area contributed by atoms with Crippen molar-refractivity contribution in [1.82, 2.24) is 5.43 Å². The minimum absolute atomic E-state index is 0.128. The molecule has 0 aliphatic heterocycles. The van der Waals surface area contributed by atoms with Crippen molar-refractivity contribution in [2.75, 3.05) is 13.2 Å². The molecule has 25 heavy (non-hydrogen) atoms. The molecule has 0 aromatic heterocycles. The maximum Gasteiger partial charge on any atom is 0.344 e. The number of hydrogen-bond acceptors (Lipinski definition) is 5. The summed E-state index contributed by atoms with van der Waals surface area (Å²) in [4.78, 5) is 23.0. The zero-order valence-corrected chi connectivity index (χ0v) is 14.0. The number of carbonyl (C=O) groups excluding carboxylic acids is 2. The summed E-state index contributed by atoms with van der Waals surface area (Å²) in [6, 6.07) is 16.4. The normalized spacial score (nSPS) is 10.4. The molecule has 2 aromatic rings. The van der Waals surface area contributed by atoms with Gasteiger partial charge >= 0.3 is 5.97 Å². The van der Waals surface area contributed by atoms with Gasteiger partial charge in [0, 0.05) is 0 Å². The van der Waals surface area contributed by atoms with Gasteiger partial charge in [0.15, 0.2) is 6.61 Å². The molecule has 6 heteroatoms. The highest BCUT2D eigenvalue weighted by molar-refractivity contribution is 5.83. The van der Waals surface area contributed by atoms with E-state index in [0.717, 1.165) is 11.1 Å². The fourth-order valence-electron chi connectivity index (χ4n) is 1.99. The van der Waals surface area contributed by atoms with Crippen LogP contribution < -0.4 is 10.2 Å². The highest BCUT2D eigenvalue weighted by atomic mass is 16.6. The third-order valence-corrected chi connectivity index (χ3v) is 3.15. The van der Waals surface area contributed by atoms with Crippen molar-refractivity contribution in [3.8, 4) is 5.75 Å². The van der Waals surface area contributed by atoms with Crippen LogP contribution >= 0.6 is 0 Å². The van der Waals surface area contributed by atoms with E-state index in [-0.39, 0.29) is 18.9 Å². The van der Waals surface area contributed by atoms with Crippen LogP contribution in [0.4, 0.5) is 0 Å². The number of amides is 1. The molecule has 0 aliphatic rings. The predicted molar refractivity (Wildman–Crippen MR) is 94.5 cm³/mol. The van der Waals surface area contributed by atoms with Crippen molar-refractivity contribution in [2.24, 2.45) is 5.10 Å². The van der Waals surface area contributed by atoms with Gasteiger partial charge in [0.25, 0.3) is 0 Å². The van der Waals surface area contributed by atoms with Crippen LogP contribution in [0.15, 0.2) is 59.7 Å². The molecular weight excluding hydrogens is 320 g/mol. The van der Waals surface area contributed by atoms with Crippen LogP contribution in [0.2, 0.25) is 0 Å². The first-order valence-corrected chi connectivity index (χ1v) is 7.91. The molecule has 0 fully saturated rings. The zero-order valence-electron chi connectivity index (χ0n) is 14.0. The summed E-state index contributed by atoms with van der Waals surface area (Å²) in [7, 11) is 0. The summed E-state index contributed by atoms with van der Waals surface area (Å²) in [5, 5.41) is 3.93. The Morgan fingerprint density at radius 2 is 1.80 bits per heavy atom. The van der Waals surface area contributed by atoms with E-state index in [2.05, 4.69) is 10.5 Å². The second-order valence-electron chi connectivity index (χ2n) is 5.12. The molecule has 2 aromatic carbocycles. The Hall–Kier alpha value is -3.15. The summed E-state index contributed by atoms with van der Waals surface area (Å²) >= 11 is 0. The average molecular weight is 340 g/mol.